The van der Waals surface area contributed by atoms with E-state index < -0.39 is 0 Å². The maximum Gasteiger partial charge on any atom is 0.227 e. The van der Waals surface area contributed by atoms with E-state index in [1.54, 1.807) is 0 Å². The Morgan fingerprint density at radius 1 is 1.07 bits per heavy atom. The summed E-state index contributed by atoms with van der Waals surface area (Å²) in [6.07, 6.45) is 6.10. The highest BCUT2D eigenvalue weighted by atomic mass is 15.3. The highest BCUT2D eigenvalue weighted by molar-refractivity contribution is 5.64. The van der Waals surface area contributed by atoms with Crippen LogP contribution in [0.5, 0.6) is 0 Å². The van der Waals surface area contributed by atoms with Crippen molar-refractivity contribution in [2.24, 2.45) is 5.92 Å². The molecule has 1 unspecified atom stereocenters. The number of anilines is 2. The van der Waals surface area contributed by atoms with Crippen LogP contribution in [0.15, 0.2) is 60.9 Å². The first-order chi connectivity index (χ1) is 13.3. The molecule has 0 spiro atoms. The predicted molar refractivity (Wildman–Crippen MR) is 110 cm³/mol. The van der Waals surface area contributed by atoms with Gasteiger partial charge >= 0.3 is 0 Å². The number of rotatable bonds is 5. The molecule has 1 atom stereocenters. The summed E-state index contributed by atoms with van der Waals surface area (Å²) in [6.45, 7) is 5.05. The lowest BCUT2D eigenvalue weighted by Crippen LogP contribution is -2.35. The van der Waals surface area contributed by atoms with E-state index in [0.717, 1.165) is 36.1 Å². The van der Waals surface area contributed by atoms with Crippen LogP contribution in [0, 0.1) is 5.92 Å². The normalized spacial score (nSPS) is 16.9. The van der Waals surface area contributed by atoms with Gasteiger partial charge in [0.1, 0.15) is 5.82 Å². The molecule has 0 radical (unpaired) electrons. The Morgan fingerprint density at radius 3 is 2.67 bits per heavy atom. The van der Waals surface area contributed by atoms with E-state index >= 15 is 0 Å². The molecule has 4 rings (SSSR count). The summed E-state index contributed by atoms with van der Waals surface area (Å²) in [4.78, 5) is 16.1. The van der Waals surface area contributed by atoms with Gasteiger partial charge in [-0.05, 0) is 36.5 Å². The van der Waals surface area contributed by atoms with Crippen molar-refractivity contribution >= 4 is 11.8 Å². The van der Waals surface area contributed by atoms with Crippen LogP contribution in [-0.2, 0) is 6.54 Å². The van der Waals surface area contributed by atoms with Gasteiger partial charge in [0.15, 0.2) is 0 Å². The van der Waals surface area contributed by atoms with Crippen LogP contribution >= 0.6 is 0 Å². The van der Waals surface area contributed by atoms with E-state index in [0.29, 0.717) is 12.5 Å². The monoisotopic (exact) mass is 359 g/mol. The molecule has 0 amide bonds. The molecule has 5 nitrogen and oxygen atoms in total. The van der Waals surface area contributed by atoms with Crippen LogP contribution in [0.3, 0.4) is 0 Å². The van der Waals surface area contributed by atoms with E-state index in [1.807, 2.05) is 48.8 Å². The van der Waals surface area contributed by atoms with Gasteiger partial charge in [0.2, 0.25) is 5.95 Å². The van der Waals surface area contributed by atoms with Crippen LogP contribution < -0.4 is 10.2 Å². The molecule has 3 heterocycles. The number of hydrogen-bond acceptors (Lipinski definition) is 5. The smallest absolute Gasteiger partial charge is 0.227 e. The lowest BCUT2D eigenvalue weighted by molar-refractivity contribution is 0.442. The van der Waals surface area contributed by atoms with Crippen LogP contribution in [0.2, 0.25) is 0 Å². The molecule has 1 saturated heterocycles. The van der Waals surface area contributed by atoms with Crippen molar-refractivity contribution in [3.05, 3.63) is 66.5 Å². The van der Waals surface area contributed by atoms with E-state index in [2.05, 4.69) is 34.3 Å². The topological polar surface area (TPSA) is 53.9 Å². The Kier molecular flexibility index (Phi) is 5.28. The van der Waals surface area contributed by atoms with Crippen molar-refractivity contribution in [3.63, 3.8) is 0 Å². The fraction of sp³-hybridized carbons (Fsp3) is 0.318. The number of benzene rings is 1. The largest absolute Gasteiger partial charge is 0.366 e. The first-order valence-corrected chi connectivity index (χ1v) is 9.60. The fourth-order valence-corrected chi connectivity index (χ4v) is 3.49. The molecule has 1 N–H and O–H groups in total. The van der Waals surface area contributed by atoms with Gasteiger partial charge in [0.25, 0.3) is 0 Å². The summed E-state index contributed by atoms with van der Waals surface area (Å²) in [6, 6.07) is 16.4. The molecule has 1 fully saturated rings. The number of pyridine rings is 1. The molecule has 5 heteroatoms. The molecule has 138 valence electrons. The molecule has 0 saturated carbocycles. The summed E-state index contributed by atoms with van der Waals surface area (Å²) in [5.74, 6) is 2.35. The van der Waals surface area contributed by atoms with E-state index in [-0.39, 0.29) is 0 Å². The third-order valence-electron chi connectivity index (χ3n) is 4.95. The molecule has 1 aromatic carbocycles. The fourth-order valence-electron chi connectivity index (χ4n) is 3.49. The average Bonchev–Trinajstić information content (AvgIpc) is 2.73. The minimum absolute atomic E-state index is 0.677. The van der Waals surface area contributed by atoms with Crippen LogP contribution in [0.25, 0.3) is 11.3 Å². The maximum atomic E-state index is 4.88. The Balaban J connectivity index is 1.63. The summed E-state index contributed by atoms with van der Waals surface area (Å²) in [7, 11) is 0. The molecule has 0 bridgehead atoms. The van der Waals surface area contributed by atoms with Crippen molar-refractivity contribution in [1.29, 1.82) is 0 Å². The van der Waals surface area contributed by atoms with Gasteiger partial charge in [-0.2, -0.15) is 4.98 Å². The Labute approximate surface area is 160 Å². The second-order valence-corrected chi connectivity index (χ2v) is 7.21. The standard InChI is InChI=1S/C22H25N5/c1-17-6-5-13-27(16-17)22-25-20(19-7-3-2-4-8-19)14-21(26-22)24-15-18-9-11-23-12-10-18/h2-4,7-12,14,17H,5-6,13,15-16H2,1H3,(H,24,25,26). The predicted octanol–water partition coefficient (Wildman–Crippen LogP) is 4.39. The zero-order valence-corrected chi connectivity index (χ0v) is 15.7. The van der Waals surface area contributed by atoms with E-state index in [1.165, 1.54) is 18.4 Å². The quantitative estimate of drug-likeness (QED) is 0.732. The lowest BCUT2D eigenvalue weighted by atomic mass is 10.0. The zero-order valence-electron chi connectivity index (χ0n) is 15.7. The van der Waals surface area contributed by atoms with E-state index in [4.69, 9.17) is 9.97 Å². The SMILES string of the molecule is CC1CCCN(c2nc(NCc3ccncc3)cc(-c3ccccc3)n2)C1. The average molecular weight is 359 g/mol. The Morgan fingerprint density at radius 2 is 1.89 bits per heavy atom. The number of nitrogens with one attached hydrogen (secondary N) is 1. The van der Waals surface area contributed by atoms with Gasteiger partial charge in [-0.25, -0.2) is 4.98 Å². The maximum absolute atomic E-state index is 4.88. The van der Waals surface area contributed by atoms with Crippen LogP contribution in [-0.4, -0.2) is 28.0 Å². The molecule has 1 aliphatic heterocycles. The first kappa shape index (κ1) is 17.5. The molecule has 2 aromatic heterocycles. The summed E-state index contributed by atoms with van der Waals surface area (Å²) >= 11 is 0. The van der Waals surface area contributed by atoms with Crippen molar-refractivity contribution < 1.29 is 0 Å². The third-order valence-corrected chi connectivity index (χ3v) is 4.95. The van der Waals surface area contributed by atoms with Gasteiger partial charge in [-0.1, -0.05) is 37.3 Å². The van der Waals surface area contributed by atoms with Gasteiger partial charge in [0, 0.05) is 43.7 Å². The minimum atomic E-state index is 0.677. The molecular weight excluding hydrogens is 334 g/mol. The zero-order chi connectivity index (χ0) is 18.5. The van der Waals surface area contributed by atoms with Crippen molar-refractivity contribution in [2.45, 2.75) is 26.3 Å². The van der Waals surface area contributed by atoms with Crippen molar-refractivity contribution in [2.75, 3.05) is 23.3 Å². The molecule has 1 aliphatic rings. The van der Waals surface area contributed by atoms with Gasteiger partial charge in [0.05, 0.1) is 5.69 Å². The van der Waals surface area contributed by atoms with E-state index in [9.17, 15) is 0 Å². The number of piperidine rings is 1. The summed E-state index contributed by atoms with van der Waals surface area (Å²) in [5.41, 5.74) is 3.24. The molecular formula is C22H25N5. The number of aromatic nitrogens is 3. The second kappa shape index (κ2) is 8.16. The molecule has 0 aliphatic carbocycles. The van der Waals surface area contributed by atoms with Crippen LogP contribution in [0.1, 0.15) is 25.3 Å². The van der Waals surface area contributed by atoms with Gasteiger partial charge in [-0.3, -0.25) is 4.98 Å². The summed E-state index contributed by atoms with van der Waals surface area (Å²) < 4.78 is 0. The third kappa shape index (κ3) is 4.42. The minimum Gasteiger partial charge on any atom is -0.366 e. The highest BCUT2D eigenvalue weighted by Gasteiger charge is 2.20. The highest BCUT2D eigenvalue weighted by Crippen LogP contribution is 2.26. The number of nitrogens with zero attached hydrogens (tertiary/aromatic N) is 4. The lowest BCUT2D eigenvalue weighted by Gasteiger charge is -2.31. The second-order valence-electron chi connectivity index (χ2n) is 7.21. The summed E-state index contributed by atoms with van der Waals surface area (Å²) in [5, 5.41) is 3.46. The molecule has 27 heavy (non-hydrogen) atoms. The molecule has 3 aromatic rings. The van der Waals surface area contributed by atoms with Crippen LogP contribution in [0.4, 0.5) is 11.8 Å². The Bertz CT molecular complexity index is 866. The first-order valence-electron chi connectivity index (χ1n) is 9.60. The number of hydrogen-bond donors (Lipinski definition) is 1. The van der Waals surface area contributed by atoms with Crippen molar-refractivity contribution in [3.8, 4) is 11.3 Å². The Hall–Kier alpha value is -2.95. The van der Waals surface area contributed by atoms with Gasteiger partial charge < -0.3 is 10.2 Å². The van der Waals surface area contributed by atoms with Gasteiger partial charge in [-0.15, -0.1) is 0 Å². The van der Waals surface area contributed by atoms with Crippen molar-refractivity contribution in [1.82, 2.24) is 15.0 Å².